The van der Waals surface area contributed by atoms with E-state index in [0.29, 0.717) is 5.92 Å². The maximum Gasteiger partial charge on any atom is 0.303 e. The van der Waals surface area contributed by atoms with Crippen molar-refractivity contribution in [2.24, 2.45) is 17.6 Å². The predicted molar refractivity (Wildman–Crippen MR) is 71.7 cm³/mol. The third-order valence-corrected chi connectivity index (χ3v) is 1.76. The molecule has 0 aromatic rings. The Balaban J connectivity index is -0.000000439. The molecule has 3 N–H and O–H groups in total. The summed E-state index contributed by atoms with van der Waals surface area (Å²) in [6.45, 7) is 12.0. The fourth-order valence-electron chi connectivity index (χ4n) is 1.44. The second kappa shape index (κ2) is 14.9. The van der Waals surface area contributed by atoms with Crippen LogP contribution >= 0.6 is 0 Å². The van der Waals surface area contributed by atoms with Gasteiger partial charge in [0.05, 0.1) is 0 Å². The molecule has 0 aromatic carbocycles. The average molecular weight is 247 g/mol. The zero-order chi connectivity index (χ0) is 14.4. The van der Waals surface area contributed by atoms with Crippen LogP contribution in [0.4, 0.5) is 0 Å². The predicted octanol–water partition coefficient (Wildman–Crippen LogP) is 3.05. The molecule has 104 valence electrons. The SMILES string of the molecule is CC.CC.CC(C)C[C@@H](CC(N)=O)CC(=O)O. The molecule has 1 amide bonds. The van der Waals surface area contributed by atoms with Gasteiger partial charge in [-0.2, -0.15) is 0 Å². The lowest BCUT2D eigenvalue weighted by Crippen LogP contribution is -2.19. The first-order chi connectivity index (χ1) is 7.91. The first kappa shape index (κ1) is 21.2. The second-order valence-electron chi connectivity index (χ2n) is 3.76. The Morgan fingerprint density at radius 1 is 1.06 bits per heavy atom. The molecule has 0 heterocycles. The minimum atomic E-state index is -0.869. The van der Waals surface area contributed by atoms with Gasteiger partial charge in [-0.1, -0.05) is 41.5 Å². The van der Waals surface area contributed by atoms with Gasteiger partial charge in [0.25, 0.3) is 0 Å². The summed E-state index contributed by atoms with van der Waals surface area (Å²) in [4.78, 5) is 21.0. The standard InChI is InChI=1S/C9H17NO3.2C2H6/c1-6(2)3-7(4-8(10)11)5-9(12)13;2*1-2/h6-7H,3-5H2,1-2H3,(H2,10,11)(H,12,13);2*1-2H3/t7-;;/m0../s1. The first-order valence-corrected chi connectivity index (χ1v) is 6.42. The molecule has 0 fully saturated rings. The lowest BCUT2D eigenvalue weighted by Gasteiger charge is -2.14. The molecule has 0 spiro atoms. The number of aliphatic carboxylic acids is 1. The van der Waals surface area contributed by atoms with Gasteiger partial charge in [0.2, 0.25) is 5.91 Å². The Kier molecular flexibility index (Phi) is 18.7. The van der Waals surface area contributed by atoms with Crippen molar-refractivity contribution >= 4 is 11.9 Å². The van der Waals surface area contributed by atoms with Crippen molar-refractivity contribution in [1.82, 2.24) is 0 Å². The lowest BCUT2D eigenvalue weighted by molar-refractivity contribution is -0.138. The van der Waals surface area contributed by atoms with Crippen molar-refractivity contribution in [2.45, 2.75) is 60.8 Å². The Morgan fingerprint density at radius 3 is 1.71 bits per heavy atom. The van der Waals surface area contributed by atoms with E-state index in [9.17, 15) is 9.59 Å². The number of hydrogen-bond donors (Lipinski definition) is 2. The van der Waals surface area contributed by atoms with Gasteiger partial charge in [-0.05, 0) is 18.3 Å². The van der Waals surface area contributed by atoms with E-state index in [4.69, 9.17) is 10.8 Å². The smallest absolute Gasteiger partial charge is 0.303 e. The van der Waals surface area contributed by atoms with Crippen LogP contribution in [0.15, 0.2) is 0 Å². The summed E-state index contributed by atoms with van der Waals surface area (Å²) in [5.74, 6) is -1.02. The molecule has 0 aromatic heterocycles. The van der Waals surface area contributed by atoms with Crippen LogP contribution in [-0.2, 0) is 9.59 Å². The van der Waals surface area contributed by atoms with Crippen LogP contribution in [0.25, 0.3) is 0 Å². The number of carboxylic acids is 1. The van der Waals surface area contributed by atoms with Crippen molar-refractivity contribution in [1.29, 1.82) is 0 Å². The molecular formula is C13H29NO3. The Morgan fingerprint density at radius 2 is 1.47 bits per heavy atom. The third kappa shape index (κ3) is 20.9. The van der Waals surface area contributed by atoms with E-state index >= 15 is 0 Å². The molecule has 17 heavy (non-hydrogen) atoms. The summed E-state index contributed by atoms with van der Waals surface area (Å²) in [6, 6.07) is 0. The Hall–Kier alpha value is -1.06. The lowest BCUT2D eigenvalue weighted by atomic mass is 9.91. The monoisotopic (exact) mass is 247 g/mol. The minimum absolute atomic E-state index is 0.0289. The number of primary amides is 1. The molecular weight excluding hydrogens is 218 g/mol. The number of nitrogens with two attached hydrogens (primary N) is 1. The zero-order valence-electron chi connectivity index (χ0n) is 12.1. The number of rotatable bonds is 6. The summed E-state index contributed by atoms with van der Waals surface area (Å²) in [6.07, 6.45) is 0.931. The molecule has 0 aliphatic heterocycles. The van der Waals surface area contributed by atoms with Crippen LogP contribution in [0.1, 0.15) is 60.8 Å². The Labute approximate surface area is 106 Å². The van der Waals surface area contributed by atoms with Gasteiger partial charge in [-0.15, -0.1) is 0 Å². The minimum Gasteiger partial charge on any atom is -0.481 e. The first-order valence-electron chi connectivity index (χ1n) is 6.42. The molecule has 0 unspecified atom stereocenters. The molecule has 0 saturated heterocycles. The molecule has 0 bridgehead atoms. The summed E-state index contributed by atoms with van der Waals surface area (Å²) < 4.78 is 0. The molecule has 0 aliphatic carbocycles. The van der Waals surface area contributed by atoms with Crippen molar-refractivity contribution in [3.05, 3.63) is 0 Å². The maximum atomic E-state index is 10.6. The van der Waals surface area contributed by atoms with E-state index in [1.165, 1.54) is 0 Å². The van der Waals surface area contributed by atoms with Gasteiger partial charge < -0.3 is 10.8 Å². The molecule has 0 radical (unpaired) electrons. The maximum absolute atomic E-state index is 10.6. The fraction of sp³-hybridized carbons (Fsp3) is 0.846. The van der Waals surface area contributed by atoms with E-state index in [1.54, 1.807) is 0 Å². The van der Waals surface area contributed by atoms with Crippen molar-refractivity contribution < 1.29 is 14.7 Å². The zero-order valence-corrected chi connectivity index (χ0v) is 12.1. The number of carboxylic acid groups (broad SMARTS) is 1. The normalized spacial score (nSPS) is 10.5. The highest BCUT2D eigenvalue weighted by Crippen LogP contribution is 2.18. The van der Waals surface area contributed by atoms with E-state index < -0.39 is 11.9 Å². The van der Waals surface area contributed by atoms with Gasteiger partial charge >= 0.3 is 5.97 Å². The fourth-order valence-corrected chi connectivity index (χ4v) is 1.44. The number of amides is 1. The van der Waals surface area contributed by atoms with Gasteiger partial charge in [-0.25, -0.2) is 0 Å². The van der Waals surface area contributed by atoms with Gasteiger partial charge in [0.15, 0.2) is 0 Å². The molecule has 4 heteroatoms. The van der Waals surface area contributed by atoms with Crippen LogP contribution in [0.5, 0.6) is 0 Å². The summed E-state index contributed by atoms with van der Waals surface area (Å²) >= 11 is 0. The van der Waals surface area contributed by atoms with E-state index in [0.717, 1.165) is 6.42 Å². The van der Waals surface area contributed by atoms with Gasteiger partial charge in [0.1, 0.15) is 0 Å². The third-order valence-electron chi connectivity index (χ3n) is 1.76. The average Bonchev–Trinajstić information content (AvgIpc) is 2.20. The highest BCUT2D eigenvalue weighted by molar-refractivity contribution is 5.75. The second-order valence-corrected chi connectivity index (χ2v) is 3.76. The number of carbonyl (C=O) groups excluding carboxylic acids is 1. The van der Waals surface area contributed by atoms with Crippen LogP contribution in [0.2, 0.25) is 0 Å². The van der Waals surface area contributed by atoms with Crippen LogP contribution in [0.3, 0.4) is 0 Å². The molecule has 4 nitrogen and oxygen atoms in total. The van der Waals surface area contributed by atoms with Crippen molar-refractivity contribution in [2.75, 3.05) is 0 Å². The van der Waals surface area contributed by atoms with E-state index in [1.807, 2.05) is 41.5 Å². The van der Waals surface area contributed by atoms with Crippen LogP contribution in [0, 0.1) is 11.8 Å². The van der Waals surface area contributed by atoms with E-state index in [2.05, 4.69) is 0 Å². The summed E-state index contributed by atoms with van der Waals surface area (Å²) in [7, 11) is 0. The summed E-state index contributed by atoms with van der Waals surface area (Å²) in [5, 5.41) is 8.56. The van der Waals surface area contributed by atoms with Gasteiger partial charge in [-0.3, -0.25) is 9.59 Å². The van der Waals surface area contributed by atoms with Gasteiger partial charge in [0, 0.05) is 12.8 Å². The Bertz CT molecular complexity index is 175. The highest BCUT2D eigenvalue weighted by atomic mass is 16.4. The van der Waals surface area contributed by atoms with Crippen LogP contribution in [-0.4, -0.2) is 17.0 Å². The van der Waals surface area contributed by atoms with Crippen molar-refractivity contribution in [3.63, 3.8) is 0 Å². The quantitative estimate of drug-likeness (QED) is 0.757. The molecule has 0 saturated carbocycles. The highest BCUT2D eigenvalue weighted by Gasteiger charge is 2.16. The molecule has 0 aliphatic rings. The summed E-state index contributed by atoms with van der Waals surface area (Å²) in [5.41, 5.74) is 5.01. The molecule has 1 atom stereocenters. The number of hydrogen-bond acceptors (Lipinski definition) is 2. The topological polar surface area (TPSA) is 80.4 Å². The largest absolute Gasteiger partial charge is 0.481 e. The van der Waals surface area contributed by atoms with Crippen LogP contribution < -0.4 is 5.73 Å². The van der Waals surface area contributed by atoms with E-state index in [-0.39, 0.29) is 18.8 Å². The number of carbonyl (C=O) groups is 2. The molecule has 0 rings (SSSR count). The van der Waals surface area contributed by atoms with Crippen molar-refractivity contribution in [3.8, 4) is 0 Å².